The van der Waals surface area contributed by atoms with Crippen LogP contribution < -0.4 is 5.73 Å². The van der Waals surface area contributed by atoms with Gasteiger partial charge in [-0.3, -0.25) is 0 Å². The first-order chi connectivity index (χ1) is 9.47. The van der Waals surface area contributed by atoms with Crippen molar-refractivity contribution < 1.29 is 0 Å². The molecule has 0 saturated carbocycles. The van der Waals surface area contributed by atoms with Crippen LogP contribution in [0.15, 0.2) is 42.2 Å². The van der Waals surface area contributed by atoms with Gasteiger partial charge in [0.25, 0.3) is 0 Å². The summed E-state index contributed by atoms with van der Waals surface area (Å²) in [4.78, 5) is 0. The zero-order valence-electron chi connectivity index (χ0n) is 15.2. The molecule has 0 aliphatic carbocycles. The van der Waals surface area contributed by atoms with Gasteiger partial charge in [0.15, 0.2) is 0 Å². The Morgan fingerprint density at radius 3 is 2.24 bits per heavy atom. The van der Waals surface area contributed by atoms with Crippen molar-refractivity contribution in [2.45, 2.75) is 66.8 Å². The van der Waals surface area contributed by atoms with E-state index in [0.717, 1.165) is 18.4 Å². The minimum absolute atomic E-state index is 0.173. The minimum atomic E-state index is -0.173. The highest BCUT2D eigenvalue weighted by Crippen LogP contribution is 2.35. The van der Waals surface area contributed by atoms with E-state index in [0.29, 0.717) is 11.8 Å². The van der Waals surface area contributed by atoms with E-state index in [9.17, 15) is 0 Å². The van der Waals surface area contributed by atoms with Gasteiger partial charge in [-0.25, -0.2) is 0 Å². The molecule has 0 aromatic rings. The molecule has 0 saturated heterocycles. The Hall–Kier alpha value is -1.04. The molecule has 1 nitrogen and oxygen atoms in total. The predicted molar refractivity (Wildman–Crippen MR) is 96.2 cm³/mol. The van der Waals surface area contributed by atoms with Gasteiger partial charge in [0.05, 0.1) is 0 Å². The molecule has 0 radical (unpaired) electrons. The fraction of sp³-hybridized carbons (Fsp3) is 0.650. The third kappa shape index (κ3) is 9.50. The summed E-state index contributed by atoms with van der Waals surface area (Å²) in [5, 5.41) is 0. The highest BCUT2D eigenvalue weighted by Gasteiger charge is 2.32. The average Bonchev–Trinajstić information content (AvgIpc) is 2.31. The second-order valence-corrected chi connectivity index (χ2v) is 7.97. The van der Waals surface area contributed by atoms with Gasteiger partial charge >= 0.3 is 0 Å². The van der Waals surface area contributed by atoms with Crippen LogP contribution in [0.2, 0.25) is 0 Å². The van der Waals surface area contributed by atoms with Crippen LogP contribution in [0.5, 0.6) is 0 Å². The van der Waals surface area contributed by atoms with Crippen LogP contribution >= 0.6 is 0 Å². The summed E-state index contributed by atoms with van der Waals surface area (Å²) in [6.45, 7) is 19.2. The largest absolute Gasteiger partial charge is 0.325 e. The Balaban J connectivity index is 5.03. The van der Waals surface area contributed by atoms with E-state index in [4.69, 9.17) is 5.73 Å². The van der Waals surface area contributed by atoms with Gasteiger partial charge in [-0.15, -0.1) is 12.3 Å². The van der Waals surface area contributed by atoms with Crippen molar-refractivity contribution in [3.8, 4) is 0 Å². The summed E-state index contributed by atoms with van der Waals surface area (Å²) in [5.74, 6) is 0.902. The summed E-state index contributed by atoms with van der Waals surface area (Å²) in [6.07, 6.45) is 10.3. The molecule has 2 atom stereocenters. The third-order valence-electron chi connectivity index (χ3n) is 3.69. The molecule has 0 amide bonds. The quantitative estimate of drug-likeness (QED) is 0.366. The average molecular weight is 290 g/mol. The van der Waals surface area contributed by atoms with Crippen LogP contribution in [-0.2, 0) is 0 Å². The lowest BCUT2D eigenvalue weighted by molar-refractivity contribution is 0.177. The third-order valence-corrected chi connectivity index (χ3v) is 3.69. The van der Waals surface area contributed by atoms with Crippen molar-refractivity contribution in [1.82, 2.24) is 0 Å². The number of nitrogens with two attached hydrogens (primary N) is 1. The number of allylic oxidation sites excluding steroid dienone is 4. The Bertz CT molecular complexity index is 406. The second-order valence-electron chi connectivity index (χ2n) is 7.97. The zero-order valence-corrected chi connectivity index (χ0v) is 15.2. The molecule has 0 bridgehead atoms. The van der Waals surface area contributed by atoms with Crippen LogP contribution in [-0.4, -0.2) is 5.54 Å². The van der Waals surface area contributed by atoms with Gasteiger partial charge in [-0.05, 0) is 62.5 Å². The van der Waals surface area contributed by atoms with E-state index in [1.54, 1.807) is 0 Å². The van der Waals surface area contributed by atoms with Crippen LogP contribution in [0.1, 0.15) is 61.3 Å². The maximum absolute atomic E-state index is 6.42. The topological polar surface area (TPSA) is 26.0 Å². The summed E-state index contributed by atoms with van der Waals surface area (Å²) in [6, 6.07) is 0. The Kier molecular flexibility index (Phi) is 8.00. The van der Waals surface area contributed by atoms with E-state index >= 15 is 0 Å². The van der Waals surface area contributed by atoms with Crippen LogP contribution in [0.25, 0.3) is 0 Å². The normalized spacial score (nSPS) is 15.4. The molecular formula is C20H35N. The molecule has 0 fully saturated rings. The van der Waals surface area contributed by atoms with Gasteiger partial charge in [0.2, 0.25) is 0 Å². The molecule has 120 valence electrons. The van der Waals surface area contributed by atoms with Crippen LogP contribution in [0, 0.1) is 17.3 Å². The Morgan fingerprint density at radius 2 is 1.81 bits per heavy atom. The summed E-state index contributed by atoms with van der Waals surface area (Å²) >= 11 is 0. The molecule has 0 rings (SSSR count). The Labute approximate surface area is 132 Å². The monoisotopic (exact) mass is 289 g/mol. The fourth-order valence-corrected chi connectivity index (χ4v) is 2.57. The number of hydrogen-bond acceptors (Lipinski definition) is 1. The van der Waals surface area contributed by atoms with E-state index in [1.807, 2.05) is 12.2 Å². The molecule has 2 unspecified atom stereocenters. The molecule has 0 spiro atoms. The molecule has 0 aliphatic heterocycles. The smallest absolute Gasteiger partial charge is 0.0131 e. The van der Waals surface area contributed by atoms with Crippen LogP contribution in [0.4, 0.5) is 0 Å². The van der Waals surface area contributed by atoms with Gasteiger partial charge in [0, 0.05) is 5.54 Å². The predicted octanol–water partition coefficient (Wildman–Crippen LogP) is 5.65. The lowest BCUT2D eigenvalue weighted by Crippen LogP contribution is -2.45. The highest BCUT2D eigenvalue weighted by atomic mass is 14.7. The second kappa shape index (κ2) is 8.41. The zero-order chi connectivity index (χ0) is 16.7. The van der Waals surface area contributed by atoms with Gasteiger partial charge < -0.3 is 5.73 Å². The summed E-state index contributed by atoms with van der Waals surface area (Å²) in [7, 11) is 0. The van der Waals surface area contributed by atoms with E-state index < -0.39 is 0 Å². The van der Waals surface area contributed by atoms with Crippen molar-refractivity contribution in [3.05, 3.63) is 42.2 Å². The van der Waals surface area contributed by atoms with Crippen molar-refractivity contribution in [3.63, 3.8) is 0 Å². The van der Waals surface area contributed by atoms with E-state index in [2.05, 4.69) is 72.9 Å². The fourth-order valence-electron chi connectivity index (χ4n) is 2.57. The van der Waals surface area contributed by atoms with Gasteiger partial charge in [-0.2, -0.15) is 0 Å². The molecule has 2 N–H and O–H groups in total. The lowest BCUT2D eigenvalue weighted by Gasteiger charge is -2.38. The molecular weight excluding hydrogens is 254 g/mol. The first-order valence-corrected chi connectivity index (χ1v) is 7.97. The summed E-state index contributed by atoms with van der Waals surface area (Å²) < 4.78 is 0. The maximum atomic E-state index is 6.42. The maximum Gasteiger partial charge on any atom is 0.0131 e. The summed E-state index contributed by atoms with van der Waals surface area (Å²) in [5.41, 5.74) is 10.9. The lowest BCUT2D eigenvalue weighted by atomic mass is 9.70. The molecule has 1 heteroatoms. The van der Waals surface area contributed by atoms with Crippen molar-refractivity contribution in [2.75, 3.05) is 0 Å². The van der Waals surface area contributed by atoms with Crippen molar-refractivity contribution in [2.24, 2.45) is 23.0 Å². The van der Waals surface area contributed by atoms with Gasteiger partial charge in [-0.1, -0.05) is 45.9 Å². The SMILES string of the molecule is C=CCC=C=C(C)C=CC(C)C(CC(C)(C)C)C(C)(C)N. The molecule has 21 heavy (non-hydrogen) atoms. The molecule has 0 heterocycles. The van der Waals surface area contributed by atoms with Crippen molar-refractivity contribution in [1.29, 1.82) is 0 Å². The van der Waals surface area contributed by atoms with E-state index in [-0.39, 0.29) is 11.0 Å². The van der Waals surface area contributed by atoms with Crippen LogP contribution in [0.3, 0.4) is 0 Å². The molecule has 0 aliphatic rings. The van der Waals surface area contributed by atoms with E-state index in [1.165, 1.54) is 0 Å². The minimum Gasteiger partial charge on any atom is -0.325 e. The number of rotatable bonds is 7. The molecule has 0 aromatic heterocycles. The standard InChI is InChI=1S/C20H35N/c1-9-10-11-12-16(2)13-14-17(3)18(20(7,8)21)15-19(4,5)6/h9,11,13-14,17-18H,1,10,15,21H2,2-8H3. The first kappa shape index (κ1) is 20.0. The first-order valence-electron chi connectivity index (χ1n) is 7.97. The number of hydrogen-bond donors (Lipinski definition) is 1. The molecule has 0 aromatic carbocycles. The Morgan fingerprint density at radius 1 is 1.24 bits per heavy atom. The highest BCUT2D eigenvalue weighted by molar-refractivity contribution is 5.17. The van der Waals surface area contributed by atoms with Crippen molar-refractivity contribution >= 4 is 0 Å². The van der Waals surface area contributed by atoms with Gasteiger partial charge in [0.1, 0.15) is 0 Å².